The van der Waals surface area contributed by atoms with Crippen molar-refractivity contribution < 1.29 is 23.9 Å². The Morgan fingerprint density at radius 3 is 1.62 bits per heavy atom. The van der Waals surface area contributed by atoms with E-state index in [1.165, 1.54) is 49.2 Å². The summed E-state index contributed by atoms with van der Waals surface area (Å²) in [5.74, 6) is -0.683. The molecule has 0 saturated carbocycles. The van der Waals surface area contributed by atoms with E-state index in [1.54, 1.807) is 24.3 Å². The molecule has 232 valence electrons. The second-order valence-electron chi connectivity index (χ2n) is 11.1. The molecule has 2 aliphatic rings. The van der Waals surface area contributed by atoms with Crippen molar-refractivity contribution in [3.05, 3.63) is 118 Å². The Kier molecular flexibility index (Phi) is 9.67. The van der Waals surface area contributed by atoms with Crippen LogP contribution in [0.15, 0.2) is 84.9 Å². The lowest BCUT2D eigenvalue weighted by Gasteiger charge is -2.20. The number of nitrogens with zero attached hydrogens (tertiary/aromatic N) is 2. The molecule has 9 heteroatoms. The van der Waals surface area contributed by atoms with Crippen LogP contribution >= 0.6 is 0 Å². The normalized spacial score (nSPS) is 12.9. The molecule has 9 nitrogen and oxygen atoms in total. The molecule has 45 heavy (non-hydrogen) atoms. The lowest BCUT2D eigenvalue weighted by Crippen LogP contribution is -2.19. The van der Waals surface area contributed by atoms with Gasteiger partial charge in [-0.2, -0.15) is 0 Å². The molecule has 2 heterocycles. The Morgan fingerprint density at radius 1 is 0.689 bits per heavy atom. The second-order valence-corrected chi connectivity index (χ2v) is 11.1. The number of esters is 2. The summed E-state index contributed by atoms with van der Waals surface area (Å²) >= 11 is 0. The largest absolute Gasteiger partial charge is 0.465 e. The highest BCUT2D eigenvalue weighted by molar-refractivity contribution is 5.90. The molecule has 0 fully saturated rings. The fourth-order valence-electron chi connectivity index (χ4n) is 5.74. The first-order valence-electron chi connectivity index (χ1n) is 14.9. The number of carbonyl (C=O) groups excluding carboxylic acids is 3. The van der Waals surface area contributed by atoms with Gasteiger partial charge in [0, 0.05) is 55.9 Å². The Balaban J connectivity index is 0.000000179. The third-order valence-corrected chi connectivity index (χ3v) is 7.98. The minimum atomic E-state index is -0.321. The smallest absolute Gasteiger partial charge is 0.337 e. The number of hydrogen-bond acceptors (Lipinski definition) is 8. The average molecular weight is 607 g/mol. The standard InChI is InChI=1S/C19H20N2O3.C17H18N2O2/c1-13(22)20-17-7-8-18-16(11-17)9-10-21(18)12-14-3-5-15(6-4-14)19(23)24-2;1-21-17(20)13-4-2-12(3-5-13)11-19-9-8-14-10-15(18)6-7-16(14)19/h3-8,11H,9-10,12H2,1-2H3,(H,20,22);2-7,10H,8-9,11,18H2,1H3. The number of nitrogen functional groups attached to an aromatic ring is 1. The van der Waals surface area contributed by atoms with Crippen LogP contribution in [0.4, 0.5) is 22.7 Å². The van der Waals surface area contributed by atoms with Crippen molar-refractivity contribution in [1.29, 1.82) is 0 Å². The van der Waals surface area contributed by atoms with E-state index in [1.807, 2.05) is 42.5 Å². The molecular weight excluding hydrogens is 568 g/mol. The number of rotatable bonds is 7. The summed E-state index contributed by atoms with van der Waals surface area (Å²) < 4.78 is 9.42. The van der Waals surface area contributed by atoms with Crippen molar-refractivity contribution in [2.45, 2.75) is 32.9 Å². The number of amides is 1. The van der Waals surface area contributed by atoms with Gasteiger partial charge < -0.3 is 30.3 Å². The molecule has 0 atom stereocenters. The van der Waals surface area contributed by atoms with Crippen LogP contribution in [0.5, 0.6) is 0 Å². The van der Waals surface area contributed by atoms with Crippen LogP contribution in [0, 0.1) is 0 Å². The lowest BCUT2D eigenvalue weighted by molar-refractivity contribution is -0.114. The highest BCUT2D eigenvalue weighted by Gasteiger charge is 2.21. The molecule has 4 aromatic rings. The quantitative estimate of drug-likeness (QED) is 0.206. The van der Waals surface area contributed by atoms with Gasteiger partial charge in [0.2, 0.25) is 5.91 Å². The van der Waals surface area contributed by atoms with Crippen LogP contribution in [0.25, 0.3) is 0 Å². The summed E-state index contributed by atoms with van der Waals surface area (Å²) in [5.41, 5.74) is 15.9. The van der Waals surface area contributed by atoms with Gasteiger partial charge in [-0.05, 0) is 95.8 Å². The summed E-state index contributed by atoms with van der Waals surface area (Å²) in [6, 6.07) is 27.1. The van der Waals surface area contributed by atoms with E-state index >= 15 is 0 Å². The fourth-order valence-corrected chi connectivity index (χ4v) is 5.74. The van der Waals surface area contributed by atoms with Crippen molar-refractivity contribution in [3.8, 4) is 0 Å². The molecule has 0 unspecified atom stereocenters. The van der Waals surface area contributed by atoms with Gasteiger partial charge in [-0.3, -0.25) is 4.79 Å². The van der Waals surface area contributed by atoms with Gasteiger partial charge in [0.1, 0.15) is 0 Å². The van der Waals surface area contributed by atoms with Gasteiger partial charge in [0.25, 0.3) is 0 Å². The van der Waals surface area contributed by atoms with E-state index < -0.39 is 0 Å². The Labute approximate surface area is 263 Å². The van der Waals surface area contributed by atoms with E-state index in [0.717, 1.165) is 56.0 Å². The second kappa shape index (κ2) is 14.0. The van der Waals surface area contributed by atoms with Crippen LogP contribution in [0.2, 0.25) is 0 Å². The zero-order valence-corrected chi connectivity index (χ0v) is 25.8. The van der Waals surface area contributed by atoms with E-state index in [2.05, 4.69) is 33.3 Å². The predicted molar refractivity (Wildman–Crippen MR) is 177 cm³/mol. The van der Waals surface area contributed by atoms with Gasteiger partial charge in [-0.25, -0.2) is 9.59 Å². The van der Waals surface area contributed by atoms with E-state index in [4.69, 9.17) is 15.2 Å². The van der Waals surface area contributed by atoms with Crippen molar-refractivity contribution in [3.63, 3.8) is 0 Å². The monoisotopic (exact) mass is 606 g/mol. The van der Waals surface area contributed by atoms with Crippen molar-refractivity contribution in [2.75, 3.05) is 48.2 Å². The van der Waals surface area contributed by atoms with Crippen LogP contribution < -0.4 is 20.9 Å². The van der Waals surface area contributed by atoms with Gasteiger partial charge in [-0.1, -0.05) is 24.3 Å². The number of hydrogen-bond donors (Lipinski definition) is 2. The highest BCUT2D eigenvalue weighted by atomic mass is 16.5. The number of anilines is 4. The summed E-state index contributed by atoms with van der Waals surface area (Å²) in [5, 5.41) is 2.82. The molecule has 0 bridgehead atoms. The zero-order chi connectivity index (χ0) is 31.9. The van der Waals surface area contributed by atoms with E-state index in [-0.39, 0.29) is 17.8 Å². The number of fused-ring (bicyclic) bond motifs is 2. The topological polar surface area (TPSA) is 114 Å². The maximum Gasteiger partial charge on any atom is 0.337 e. The maximum atomic E-state index is 11.5. The predicted octanol–water partition coefficient (Wildman–Crippen LogP) is 5.61. The average Bonchev–Trinajstić information content (AvgIpc) is 3.63. The van der Waals surface area contributed by atoms with Crippen LogP contribution in [-0.4, -0.2) is 45.2 Å². The highest BCUT2D eigenvalue weighted by Crippen LogP contribution is 2.32. The van der Waals surface area contributed by atoms with Crippen molar-refractivity contribution in [1.82, 2.24) is 0 Å². The fraction of sp³-hybridized carbons (Fsp3) is 0.250. The van der Waals surface area contributed by atoms with Gasteiger partial charge >= 0.3 is 11.9 Å². The lowest BCUT2D eigenvalue weighted by atomic mass is 10.1. The third kappa shape index (κ3) is 7.62. The van der Waals surface area contributed by atoms with Gasteiger partial charge in [0.05, 0.1) is 25.3 Å². The van der Waals surface area contributed by atoms with Gasteiger partial charge in [0.15, 0.2) is 0 Å². The molecule has 4 aromatic carbocycles. The minimum Gasteiger partial charge on any atom is -0.465 e. The Hall–Kier alpha value is -5.31. The molecule has 0 aliphatic carbocycles. The number of ether oxygens (including phenoxy) is 2. The van der Waals surface area contributed by atoms with E-state index in [9.17, 15) is 14.4 Å². The summed E-state index contributed by atoms with van der Waals surface area (Å²) in [4.78, 5) is 38.7. The first-order valence-corrected chi connectivity index (χ1v) is 14.9. The zero-order valence-electron chi connectivity index (χ0n) is 25.8. The van der Waals surface area contributed by atoms with Crippen LogP contribution in [0.3, 0.4) is 0 Å². The number of methoxy groups -OCH3 is 2. The van der Waals surface area contributed by atoms with Crippen LogP contribution in [0.1, 0.15) is 49.9 Å². The Bertz CT molecular complexity index is 1690. The third-order valence-electron chi connectivity index (χ3n) is 7.98. The number of nitrogens with two attached hydrogens (primary N) is 1. The molecule has 0 saturated heterocycles. The number of carbonyl (C=O) groups is 3. The maximum absolute atomic E-state index is 11.5. The molecular formula is C36H38N4O5. The number of nitrogens with one attached hydrogen (secondary N) is 1. The van der Waals surface area contributed by atoms with Crippen molar-refractivity contribution in [2.24, 2.45) is 0 Å². The molecule has 0 spiro atoms. The molecule has 0 radical (unpaired) electrons. The number of benzene rings is 4. The summed E-state index contributed by atoms with van der Waals surface area (Å²) in [6.07, 6.45) is 1.99. The molecule has 1 amide bonds. The molecule has 0 aromatic heterocycles. The first kappa shape index (κ1) is 31.1. The SMILES string of the molecule is COC(=O)c1ccc(CN2CCc3cc(N)ccc32)cc1.COC(=O)c1ccc(CN2CCc3cc(NC(C)=O)ccc32)cc1. The van der Waals surface area contributed by atoms with Crippen LogP contribution in [-0.2, 0) is 40.2 Å². The summed E-state index contributed by atoms with van der Waals surface area (Å²) in [6.45, 7) is 5.07. The molecule has 3 N–H and O–H groups in total. The summed E-state index contributed by atoms with van der Waals surface area (Å²) in [7, 11) is 2.77. The molecule has 2 aliphatic heterocycles. The molecule has 6 rings (SSSR count). The Morgan fingerprint density at radius 2 is 1.16 bits per heavy atom. The first-order chi connectivity index (χ1) is 21.7. The minimum absolute atomic E-state index is 0.0597. The van der Waals surface area contributed by atoms with Gasteiger partial charge in [-0.15, -0.1) is 0 Å². The van der Waals surface area contributed by atoms with Crippen molar-refractivity contribution >= 4 is 40.6 Å². The van der Waals surface area contributed by atoms with E-state index in [0.29, 0.717) is 11.1 Å².